The Kier molecular flexibility index (Phi) is 4.56. The summed E-state index contributed by atoms with van der Waals surface area (Å²) in [6.07, 6.45) is 0.603. The summed E-state index contributed by atoms with van der Waals surface area (Å²) in [7, 11) is 4.11. The van der Waals surface area contributed by atoms with Crippen molar-refractivity contribution in [1.29, 1.82) is 0 Å². The van der Waals surface area contributed by atoms with Crippen LogP contribution < -0.4 is 5.73 Å². The van der Waals surface area contributed by atoms with Gasteiger partial charge in [0.25, 0.3) is 0 Å². The third-order valence-corrected chi connectivity index (χ3v) is 3.83. The van der Waals surface area contributed by atoms with Gasteiger partial charge in [0.1, 0.15) is 0 Å². The van der Waals surface area contributed by atoms with E-state index in [1.165, 1.54) is 5.56 Å². The monoisotopic (exact) mass is 261 g/mol. The highest BCUT2D eigenvalue weighted by Crippen LogP contribution is 2.24. The van der Waals surface area contributed by atoms with Crippen LogP contribution in [0.15, 0.2) is 30.3 Å². The Morgan fingerprint density at radius 1 is 1.37 bits per heavy atom. The van der Waals surface area contributed by atoms with Crippen LogP contribution in [0.1, 0.15) is 18.0 Å². The summed E-state index contributed by atoms with van der Waals surface area (Å²) in [5.74, 6) is 0.560. The number of nitrogens with two attached hydrogens (primary N) is 1. The highest BCUT2D eigenvalue weighted by molar-refractivity contribution is 5.78. The second kappa shape index (κ2) is 6.17. The molecule has 19 heavy (non-hydrogen) atoms. The Morgan fingerprint density at radius 2 is 2.05 bits per heavy atom. The van der Waals surface area contributed by atoms with Gasteiger partial charge in [-0.1, -0.05) is 30.3 Å². The first kappa shape index (κ1) is 14.0. The molecule has 1 aromatic rings. The lowest BCUT2D eigenvalue weighted by Gasteiger charge is -2.29. The number of benzene rings is 1. The Labute approximate surface area is 115 Å². The molecular weight excluding hydrogens is 238 g/mol. The van der Waals surface area contributed by atoms with Crippen LogP contribution in [-0.2, 0) is 4.79 Å². The molecule has 1 fully saturated rings. The van der Waals surface area contributed by atoms with Crippen molar-refractivity contribution in [3.63, 3.8) is 0 Å². The largest absolute Gasteiger partial charge is 0.340 e. The molecule has 2 N–H and O–H groups in total. The van der Waals surface area contributed by atoms with Gasteiger partial charge in [0.15, 0.2) is 0 Å². The van der Waals surface area contributed by atoms with Crippen molar-refractivity contribution in [2.45, 2.75) is 12.5 Å². The second-order valence-electron chi connectivity index (χ2n) is 5.49. The SMILES string of the molecule is CN(C)C(CN1CC(CN)CC1=O)c1ccccc1. The number of hydrogen-bond acceptors (Lipinski definition) is 3. The van der Waals surface area contributed by atoms with E-state index < -0.39 is 0 Å². The summed E-state index contributed by atoms with van der Waals surface area (Å²) in [5, 5.41) is 0. The van der Waals surface area contributed by atoms with Gasteiger partial charge in [0.05, 0.1) is 6.04 Å². The topological polar surface area (TPSA) is 49.6 Å². The van der Waals surface area contributed by atoms with Crippen molar-refractivity contribution in [1.82, 2.24) is 9.80 Å². The normalized spacial score (nSPS) is 21.2. The Morgan fingerprint density at radius 3 is 2.58 bits per heavy atom. The number of hydrogen-bond donors (Lipinski definition) is 1. The molecule has 1 aliphatic heterocycles. The first-order valence-electron chi connectivity index (χ1n) is 6.81. The minimum Gasteiger partial charge on any atom is -0.340 e. The lowest BCUT2D eigenvalue weighted by molar-refractivity contribution is -0.128. The summed E-state index contributed by atoms with van der Waals surface area (Å²) < 4.78 is 0. The molecule has 0 aromatic heterocycles. The number of rotatable bonds is 5. The third-order valence-electron chi connectivity index (χ3n) is 3.83. The molecular formula is C15H23N3O. The molecule has 104 valence electrons. The van der Waals surface area contributed by atoms with Crippen LogP contribution in [0.5, 0.6) is 0 Å². The first-order valence-corrected chi connectivity index (χ1v) is 6.81. The van der Waals surface area contributed by atoms with E-state index in [4.69, 9.17) is 5.73 Å². The quantitative estimate of drug-likeness (QED) is 0.863. The molecule has 0 bridgehead atoms. The average molecular weight is 261 g/mol. The molecule has 2 unspecified atom stereocenters. The summed E-state index contributed by atoms with van der Waals surface area (Å²) in [5.41, 5.74) is 6.92. The Hall–Kier alpha value is -1.39. The van der Waals surface area contributed by atoms with Crippen molar-refractivity contribution < 1.29 is 4.79 Å². The smallest absolute Gasteiger partial charge is 0.223 e. The van der Waals surface area contributed by atoms with Crippen LogP contribution in [0.4, 0.5) is 0 Å². The maximum absolute atomic E-state index is 12.0. The number of likely N-dealkylation sites (N-methyl/N-ethyl adjacent to an activating group) is 1. The van der Waals surface area contributed by atoms with Gasteiger partial charge in [-0.3, -0.25) is 4.79 Å². The zero-order valence-corrected chi connectivity index (χ0v) is 11.7. The molecule has 0 aliphatic carbocycles. The number of carbonyl (C=O) groups excluding carboxylic acids is 1. The van der Waals surface area contributed by atoms with E-state index >= 15 is 0 Å². The molecule has 1 aliphatic rings. The zero-order chi connectivity index (χ0) is 13.8. The van der Waals surface area contributed by atoms with E-state index in [1.54, 1.807) is 0 Å². The van der Waals surface area contributed by atoms with E-state index in [-0.39, 0.29) is 11.9 Å². The van der Waals surface area contributed by atoms with Crippen molar-refractivity contribution in [3.8, 4) is 0 Å². The zero-order valence-electron chi connectivity index (χ0n) is 11.7. The van der Waals surface area contributed by atoms with Crippen LogP contribution in [0.2, 0.25) is 0 Å². The molecule has 0 radical (unpaired) electrons. The summed E-state index contributed by atoms with van der Waals surface area (Å²) in [4.78, 5) is 16.1. The van der Waals surface area contributed by atoms with Gasteiger partial charge in [-0.2, -0.15) is 0 Å². The Bertz CT molecular complexity index is 419. The summed E-state index contributed by atoms with van der Waals surface area (Å²) in [6, 6.07) is 10.6. The van der Waals surface area contributed by atoms with Crippen molar-refractivity contribution in [3.05, 3.63) is 35.9 Å². The number of amides is 1. The molecule has 0 spiro atoms. The lowest BCUT2D eigenvalue weighted by atomic mass is 10.1. The van der Waals surface area contributed by atoms with Gasteiger partial charge < -0.3 is 15.5 Å². The van der Waals surface area contributed by atoms with E-state index in [9.17, 15) is 4.79 Å². The highest BCUT2D eigenvalue weighted by Gasteiger charge is 2.30. The average Bonchev–Trinajstić information content (AvgIpc) is 2.77. The number of nitrogens with zero attached hydrogens (tertiary/aromatic N) is 2. The van der Waals surface area contributed by atoms with Gasteiger partial charge in [-0.25, -0.2) is 0 Å². The maximum atomic E-state index is 12.0. The molecule has 1 aromatic carbocycles. The van der Waals surface area contributed by atoms with E-state index in [1.807, 2.05) is 23.1 Å². The molecule has 4 heteroatoms. The predicted octanol–water partition coefficient (Wildman–Crippen LogP) is 1.10. The maximum Gasteiger partial charge on any atom is 0.223 e. The van der Waals surface area contributed by atoms with Crippen LogP contribution >= 0.6 is 0 Å². The van der Waals surface area contributed by atoms with Gasteiger partial charge in [0, 0.05) is 19.5 Å². The predicted molar refractivity (Wildman–Crippen MR) is 76.6 cm³/mol. The third kappa shape index (κ3) is 3.33. The van der Waals surface area contributed by atoms with Crippen molar-refractivity contribution in [2.75, 3.05) is 33.7 Å². The fourth-order valence-electron chi connectivity index (χ4n) is 2.64. The minimum absolute atomic E-state index is 0.234. The molecule has 2 rings (SSSR count). The summed E-state index contributed by atoms with van der Waals surface area (Å²) in [6.45, 7) is 2.14. The van der Waals surface area contributed by atoms with E-state index in [0.717, 1.165) is 13.1 Å². The van der Waals surface area contributed by atoms with Gasteiger partial charge >= 0.3 is 0 Å². The van der Waals surface area contributed by atoms with E-state index in [0.29, 0.717) is 18.9 Å². The molecule has 1 amide bonds. The molecule has 2 atom stereocenters. The van der Waals surface area contributed by atoms with Gasteiger partial charge in [-0.05, 0) is 32.1 Å². The Balaban J connectivity index is 2.08. The molecule has 1 heterocycles. The standard InChI is InChI=1S/C15H23N3O/c1-17(2)14(13-6-4-3-5-7-13)11-18-10-12(9-16)8-15(18)19/h3-7,12,14H,8-11,16H2,1-2H3. The van der Waals surface area contributed by atoms with Crippen LogP contribution in [-0.4, -0.2) is 49.4 Å². The molecule has 1 saturated heterocycles. The van der Waals surface area contributed by atoms with Gasteiger partial charge in [-0.15, -0.1) is 0 Å². The van der Waals surface area contributed by atoms with Crippen LogP contribution in [0.3, 0.4) is 0 Å². The second-order valence-corrected chi connectivity index (χ2v) is 5.49. The van der Waals surface area contributed by atoms with E-state index in [2.05, 4.69) is 31.1 Å². The lowest BCUT2D eigenvalue weighted by Crippen LogP contribution is -2.36. The van der Waals surface area contributed by atoms with Crippen molar-refractivity contribution in [2.24, 2.45) is 11.7 Å². The van der Waals surface area contributed by atoms with Gasteiger partial charge in [0.2, 0.25) is 5.91 Å². The first-order chi connectivity index (χ1) is 9.11. The van der Waals surface area contributed by atoms with Crippen LogP contribution in [0.25, 0.3) is 0 Å². The number of carbonyl (C=O) groups is 1. The molecule has 4 nitrogen and oxygen atoms in total. The van der Waals surface area contributed by atoms with Crippen LogP contribution in [0, 0.1) is 5.92 Å². The fourth-order valence-corrected chi connectivity index (χ4v) is 2.64. The number of likely N-dealkylation sites (tertiary alicyclic amines) is 1. The highest BCUT2D eigenvalue weighted by atomic mass is 16.2. The van der Waals surface area contributed by atoms with Crippen molar-refractivity contribution >= 4 is 5.91 Å². The summed E-state index contributed by atoms with van der Waals surface area (Å²) >= 11 is 0. The fraction of sp³-hybridized carbons (Fsp3) is 0.533. The minimum atomic E-state index is 0.234. The molecule has 0 saturated carbocycles.